The molecule has 5 rings (SSSR count). The second-order valence-electron chi connectivity index (χ2n) is 6.80. The van der Waals surface area contributed by atoms with Crippen molar-refractivity contribution in [3.8, 4) is 0 Å². The van der Waals surface area contributed by atoms with Crippen LogP contribution in [0.4, 0.5) is 11.5 Å². The molecule has 0 spiro atoms. The molecule has 0 unspecified atom stereocenters. The summed E-state index contributed by atoms with van der Waals surface area (Å²) in [6.07, 6.45) is 2.59. The van der Waals surface area contributed by atoms with Crippen molar-refractivity contribution in [3.63, 3.8) is 0 Å². The van der Waals surface area contributed by atoms with Crippen molar-refractivity contribution in [1.29, 1.82) is 0 Å². The highest BCUT2D eigenvalue weighted by molar-refractivity contribution is 5.92. The highest BCUT2D eigenvalue weighted by atomic mass is 15.4. The van der Waals surface area contributed by atoms with Crippen molar-refractivity contribution in [2.45, 2.75) is 13.3 Å². The van der Waals surface area contributed by atoms with Gasteiger partial charge in [-0.15, -0.1) is 15.3 Å². The zero-order chi connectivity index (χ0) is 18.2. The highest BCUT2D eigenvalue weighted by Gasteiger charge is 2.21. The number of fused-ring (bicyclic) bond motifs is 2. The molecule has 1 aliphatic rings. The van der Waals surface area contributed by atoms with Crippen LogP contribution in [0, 0.1) is 0 Å². The van der Waals surface area contributed by atoms with E-state index in [1.807, 2.05) is 12.1 Å². The Morgan fingerprint density at radius 2 is 1.78 bits per heavy atom. The van der Waals surface area contributed by atoms with Gasteiger partial charge >= 0.3 is 0 Å². The van der Waals surface area contributed by atoms with Crippen LogP contribution in [0.1, 0.15) is 12.6 Å². The molecule has 4 heterocycles. The van der Waals surface area contributed by atoms with Crippen LogP contribution in [0.25, 0.3) is 16.6 Å². The number of benzene rings is 1. The van der Waals surface area contributed by atoms with Gasteiger partial charge in [-0.1, -0.05) is 25.1 Å². The van der Waals surface area contributed by atoms with Gasteiger partial charge in [0.1, 0.15) is 12.1 Å². The molecule has 4 aromatic rings. The predicted octanol–water partition coefficient (Wildman–Crippen LogP) is 2.56. The maximum absolute atomic E-state index is 4.77. The van der Waals surface area contributed by atoms with Gasteiger partial charge < -0.3 is 9.80 Å². The van der Waals surface area contributed by atoms with Gasteiger partial charge in [0.15, 0.2) is 5.65 Å². The number of pyridine rings is 1. The lowest BCUT2D eigenvalue weighted by Crippen LogP contribution is -2.47. The molecule has 0 radical (unpaired) electrons. The topological polar surface area (TPSA) is 62.5 Å². The Morgan fingerprint density at radius 1 is 0.963 bits per heavy atom. The Morgan fingerprint density at radius 3 is 2.63 bits per heavy atom. The van der Waals surface area contributed by atoms with E-state index < -0.39 is 0 Å². The minimum absolute atomic E-state index is 0.771. The largest absolute Gasteiger partial charge is 0.367 e. The van der Waals surface area contributed by atoms with E-state index in [9.17, 15) is 0 Å². The second kappa shape index (κ2) is 6.50. The van der Waals surface area contributed by atoms with E-state index in [0.29, 0.717) is 0 Å². The summed E-state index contributed by atoms with van der Waals surface area (Å²) in [5.41, 5.74) is 4.28. The van der Waals surface area contributed by atoms with E-state index in [2.05, 4.69) is 62.4 Å². The highest BCUT2D eigenvalue weighted by Crippen LogP contribution is 2.28. The van der Waals surface area contributed by atoms with E-state index in [0.717, 1.165) is 55.3 Å². The van der Waals surface area contributed by atoms with Gasteiger partial charge in [-0.25, -0.2) is 0 Å². The summed E-state index contributed by atoms with van der Waals surface area (Å²) in [7, 11) is 0. The van der Waals surface area contributed by atoms with Gasteiger partial charge in [0, 0.05) is 42.9 Å². The molecular formula is C20H21N7. The van der Waals surface area contributed by atoms with Crippen molar-refractivity contribution in [2.75, 3.05) is 36.0 Å². The molecule has 7 nitrogen and oxygen atoms in total. The Kier molecular flexibility index (Phi) is 3.85. The van der Waals surface area contributed by atoms with Crippen molar-refractivity contribution in [2.24, 2.45) is 0 Å². The fourth-order valence-corrected chi connectivity index (χ4v) is 3.72. The standard InChI is InChI=1S/C20H21N7/c1-2-15-13-18(16-5-3-4-6-17(16)22-15)25-9-11-26(12-10-25)20-8-7-19-23-21-14-27(19)24-20/h3-8,13-14H,2,9-12H2,1H3. The molecular weight excluding hydrogens is 338 g/mol. The third-order valence-electron chi connectivity index (χ3n) is 5.20. The molecule has 1 saturated heterocycles. The SMILES string of the molecule is CCc1cc(N2CCN(c3ccc4nncn4n3)CC2)c2ccccc2n1. The summed E-state index contributed by atoms with van der Waals surface area (Å²) >= 11 is 0. The van der Waals surface area contributed by atoms with E-state index >= 15 is 0 Å². The molecule has 1 fully saturated rings. The van der Waals surface area contributed by atoms with Crippen LogP contribution in [0.2, 0.25) is 0 Å². The summed E-state index contributed by atoms with van der Waals surface area (Å²) in [4.78, 5) is 9.56. The van der Waals surface area contributed by atoms with Gasteiger partial charge in [0.25, 0.3) is 0 Å². The number of nitrogens with zero attached hydrogens (tertiary/aromatic N) is 7. The average Bonchev–Trinajstić information content (AvgIpc) is 3.21. The third-order valence-corrected chi connectivity index (χ3v) is 5.20. The number of anilines is 2. The normalized spacial score (nSPS) is 15.0. The van der Waals surface area contributed by atoms with Crippen LogP contribution in [-0.2, 0) is 6.42 Å². The van der Waals surface area contributed by atoms with Crippen LogP contribution < -0.4 is 9.80 Å². The molecule has 136 valence electrons. The zero-order valence-electron chi connectivity index (χ0n) is 15.3. The lowest BCUT2D eigenvalue weighted by molar-refractivity contribution is 0.642. The summed E-state index contributed by atoms with van der Waals surface area (Å²) in [6, 6.07) is 14.7. The summed E-state index contributed by atoms with van der Waals surface area (Å²) in [5, 5.41) is 13.8. The van der Waals surface area contributed by atoms with Crippen LogP contribution in [0.15, 0.2) is 48.8 Å². The number of aryl methyl sites for hydroxylation is 1. The van der Waals surface area contributed by atoms with Crippen molar-refractivity contribution >= 4 is 28.1 Å². The molecule has 1 aliphatic heterocycles. The minimum atomic E-state index is 0.771. The maximum atomic E-state index is 4.77. The molecule has 0 saturated carbocycles. The molecule has 0 atom stereocenters. The quantitative estimate of drug-likeness (QED) is 0.560. The lowest BCUT2D eigenvalue weighted by atomic mass is 10.1. The second-order valence-corrected chi connectivity index (χ2v) is 6.80. The number of rotatable bonds is 3. The first-order chi connectivity index (χ1) is 13.3. The van der Waals surface area contributed by atoms with Gasteiger partial charge in [0.2, 0.25) is 0 Å². The number of hydrogen-bond donors (Lipinski definition) is 0. The van der Waals surface area contributed by atoms with Crippen molar-refractivity contribution < 1.29 is 0 Å². The number of para-hydroxylation sites is 1. The summed E-state index contributed by atoms with van der Waals surface area (Å²) in [6.45, 7) is 5.93. The van der Waals surface area contributed by atoms with Gasteiger partial charge in [-0.3, -0.25) is 4.98 Å². The Hall–Kier alpha value is -3.22. The van der Waals surface area contributed by atoms with Gasteiger partial charge in [-0.2, -0.15) is 4.52 Å². The van der Waals surface area contributed by atoms with Crippen LogP contribution in [-0.4, -0.2) is 51.0 Å². The summed E-state index contributed by atoms with van der Waals surface area (Å²) < 4.78 is 1.73. The van der Waals surface area contributed by atoms with E-state index in [4.69, 9.17) is 4.98 Å². The zero-order valence-corrected chi connectivity index (χ0v) is 15.3. The van der Waals surface area contributed by atoms with Crippen LogP contribution >= 0.6 is 0 Å². The third kappa shape index (κ3) is 2.85. The molecule has 0 amide bonds. The fraction of sp³-hybridized carbons (Fsp3) is 0.300. The Labute approximate surface area is 157 Å². The van der Waals surface area contributed by atoms with E-state index in [-0.39, 0.29) is 0 Å². The number of aromatic nitrogens is 5. The van der Waals surface area contributed by atoms with Crippen LogP contribution in [0.5, 0.6) is 0 Å². The minimum Gasteiger partial charge on any atom is -0.367 e. The molecule has 0 bridgehead atoms. The molecule has 1 aromatic carbocycles. The lowest BCUT2D eigenvalue weighted by Gasteiger charge is -2.37. The first-order valence-electron chi connectivity index (χ1n) is 9.37. The van der Waals surface area contributed by atoms with Crippen LogP contribution in [0.3, 0.4) is 0 Å². The Balaban J connectivity index is 1.41. The number of hydrogen-bond acceptors (Lipinski definition) is 6. The first-order valence-corrected chi connectivity index (χ1v) is 9.37. The Bertz CT molecular complexity index is 1100. The maximum Gasteiger partial charge on any atom is 0.177 e. The van der Waals surface area contributed by atoms with E-state index in [1.165, 1.54) is 11.1 Å². The van der Waals surface area contributed by atoms with Crippen molar-refractivity contribution in [3.05, 3.63) is 54.5 Å². The van der Waals surface area contributed by atoms with Gasteiger partial charge in [-0.05, 0) is 30.7 Å². The fourth-order valence-electron chi connectivity index (χ4n) is 3.72. The summed E-state index contributed by atoms with van der Waals surface area (Å²) in [5.74, 6) is 0.968. The van der Waals surface area contributed by atoms with Gasteiger partial charge in [0.05, 0.1) is 5.52 Å². The monoisotopic (exact) mass is 359 g/mol. The number of piperazine rings is 1. The predicted molar refractivity (Wildman–Crippen MR) is 106 cm³/mol. The molecule has 7 heteroatoms. The smallest absolute Gasteiger partial charge is 0.177 e. The molecule has 0 N–H and O–H groups in total. The molecule has 0 aliphatic carbocycles. The molecule has 3 aromatic heterocycles. The van der Waals surface area contributed by atoms with Crippen molar-refractivity contribution in [1.82, 2.24) is 24.8 Å². The molecule has 27 heavy (non-hydrogen) atoms. The van der Waals surface area contributed by atoms with E-state index in [1.54, 1.807) is 10.8 Å². The average molecular weight is 359 g/mol. The first kappa shape index (κ1) is 16.0.